The van der Waals surface area contributed by atoms with Crippen LogP contribution in [0.1, 0.15) is 11.1 Å². The molecule has 12 heavy (non-hydrogen) atoms. The van der Waals surface area contributed by atoms with Gasteiger partial charge in [-0.2, -0.15) is 0 Å². The highest BCUT2D eigenvalue weighted by molar-refractivity contribution is 5.85. The fourth-order valence-electron chi connectivity index (χ4n) is 1.07. The summed E-state index contributed by atoms with van der Waals surface area (Å²) in [6.07, 6.45) is 0. The first-order chi connectivity index (χ1) is 5.27. The van der Waals surface area contributed by atoms with Gasteiger partial charge in [0.05, 0.1) is 7.11 Å². The van der Waals surface area contributed by atoms with Gasteiger partial charge in [0.25, 0.3) is 0 Å². The van der Waals surface area contributed by atoms with E-state index in [0.717, 1.165) is 11.3 Å². The molecular formula is C9H14ClNO. The van der Waals surface area contributed by atoms with E-state index >= 15 is 0 Å². The topological polar surface area (TPSA) is 35.2 Å². The van der Waals surface area contributed by atoms with E-state index in [0.29, 0.717) is 6.54 Å². The van der Waals surface area contributed by atoms with Gasteiger partial charge < -0.3 is 10.5 Å². The Bertz CT molecular complexity index is 250. The van der Waals surface area contributed by atoms with Gasteiger partial charge in [0.1, 0.15) is 5.75 Å². The van der Waals surface area contributed by atoms with Crippen molar-refractivity contribution in [2.45, 2.75) is 13.5 Å². The Morgan fingerprint density at radius 1 is 1.42 bits per heavy atom. The lowest BCUT2D eigenvalue weighted by Gasteiger charge is -2.06. The van der Waals surface area contributed by atoms with Gasteiger partial charge in [-0.15, -0.1) is 12.4 Å². The SMILES string of the molecule is COc1ccc(C)cc1CN.Cl. The standard InChI is InChI=1S/C9H13NO.ClH/c1-7-3-4-9(11-2)8(5-7)6-10;/h3-5H,6,10H2,1-2H3;1H. The number of benzene rings is 1. The van der Waals surface area contributed by atoms with E-state index < -0.39 is 0 Å². The maximum Gasteiger partial charge on any atom is 0.123 e. The molecule has 1 aromatic rings. The number of halogens is 1. The number of nitrogens with two attached hydrogens (primary N) is 1. The summed E-state index contributed by atoms with van der Waals surface area (Å²) in [6, 6.07) is 5.99. The third-order valence-corrected chi connectivity index (χ3v) is 1.66. The van der Waals surface area contributed by atoms with Crippen LogP contribution in [-0.4, -0.2) is 7.11 Å². The van der Waals surface area contributed by atoms with Crippen LogP contribution in [0.4, 0.5) is 0 Å². The molecule has 0 atom stereocenters. The van der Waals surface area contributed by atoms with Crippen molar-refractivity contribution >= 4 is 12.4 Å². The van der Waals surface area contributed by atoms with E-state index in [-0.39, 0.29) is 12.4 Å². The van der Waals surface area contributed by atoms with E-state index in [1.54, 1.807) is 7.11 Å². The number of ether oxygens (including phenoxy) is 1. The number of hydrogen-bond donors (Lipinski definition) is 1. The first-order valence-corrected chi connectivity index (χ1v) is 3.61. The third-order valence-electron chi connectivity index (χ3n) is 1.66. The summed E-state index contributed by atoms with van der Waals surface area (Å²) >= 11 is 0. The van der Waals surface area contributed by atoms with Crippen LogP contribution in [0, 0.1) is 6.92 Å². The Hall–Kier alpha value is -0.730. The van der Waals surface area contributed by atoms with Crippen molar-refractivity contribution in [2.24, 2.45) is 5.73 Å². The van der Waals surface area contributed by atoms with Gasteiger partial charge in [0, 0.05) is 12.1 Å². The molecule has 0 aliphatic carbocycles. The zero-order chi connectivity index (χ0) is 8.27. The molecule has 68 valence electrons. The normalized spacial score (nSPS) is 8.92. The van der Waals surface area contributed by atoms with Crippen LogP contribution in [0.3, 0.4) is 0 Å². The second-order valence-electron chi connectivity index (χ2n) is 2.52. The summed E-state index contributed by atoms with van der Waals surface area (Å²) in [6.45, 7) is 2.57. The van der Waals surface area contributed by atoms with E-state index in [2.05, 4.69) is 0 Å². The fourth-order valence-corrected chi connectivity index (χ4v) is 1.07. The summed E-state index contributed by atoms with van der Waals surface area (Å²) in [4.78, 5) is 0. The molecule has 0 amide bonds. The molecule has 0 unspecified atom stereocenters. The molecule has 0 aromatic heterocycles. The van der Waals surface area contributed by atoms with Gasteiger partial charge in [-0.25, -0.2) is 0 Å². The molecular weight excluding hydrogens is 174 g/mol. The maximum atomic E-state index is 5.52. The minimum absolute atomic E-state index is 0. The van der Waals surface area contributed by atoms with Gasteiger partial charge in [0.15, 0.2) is 0 Å². The van der Waals surface area contributed by atoms with Crippen molar-refractivity contribution in [1.29, 1.82) is 0 Å². The Morgan fingerprint density at radius 3 is 2.58 bits per heavy atom. The molecule has 0 fully saturated rings. The van der Waals surface area contributed by atoms with E-state index in [4.69, 9.17) is 10.5 Å². The van der Waals surface area contributed by atoms with Gasteiger partial charge >= 0.3 is 0 Å². The van der Waals surface area contributed by atoms with Crippen LogP contribution < -0.4 is 10.5 Å². The summed E-state index contributed by atoms with van der Waals surface area (Å²) in [5.41, 5.74) is 7.79. The zero-order valence-corrected chi connectivity index (χ0v) is 8.15. The Morgan fingerprint density at radius 2 is 2.08 bits per heavy atom. The molecule has 0 spiro atoms. The highest BCUT2D eigenvalue weighted by atomic mass is 35.5. The molecule has 0 heterocycles. The third kappa shape index (κ3) is 2.40. The zero-order valence-electron chi connectivity index (χ0n) is 7.33. The highest BCUT2D eigenvalue weighted by Gasteiger charge is 1.98. The van der Waals surface area contributed by atoms with Crippen molar-refractivity contribution < 1.29 is 4.74 Å². The van der Waals surface area contributed by atoms with Gasteiger partial charge in [-0.05, 0) is 13.0 Å². The fraction of sp³-hybridized carbons (Fsp3) is 0.333. The maximum absolute atomic E-state index is 5.52. The first kappa shape index (κ1) is 11.3. The molecule has 2 nitrogen and oxygen atoms in total. The lowest BCUT2D eigenvalue weighted by Crippen LogP contribution is -1.99. The van der Waals surface area contributed by atoms with Gasteiger partial charge in [0.2, 0.25) is 0 Å². The van der Waals surface area contributed by atoms with Gasteiger partial charge in [-0.1, -0.05) is 17.7 Å². The monoisotopic (exact) mass is 187 g/mol. The summed E-state index contributed by atoms with van der Waals surface area (Å²) in [5, 5.41) is 0. The smallest absolute Gasteiger partial charge is 0.123 e. The van der Waals surface area contributed by atoms with Crippen LogP contribution >= 0.6 is 12.4 Å². The molecule has 1 rings (SSSR count). The Labute approximate surface area is 79.1 Å². The molecule has 2 N–H and O–H groups in total. The molecule has 0 aliphatic rings. The summed E-state index contributed by atoms with van der Waals surface area (Å²) in [5.74, 6) is 0.873. The predicted octanol–water partition coefficient (Wildman–Crippen LogP) is 1.88. The second-order valence-corrected chi connectivity index (χ2v) is 2.52. The van der Waals surface area contributed by atoms with Crippen molar-refractivity contribution in [3.63, 3.8) is 0 Å². The first-order valence-electron chi connectivity index (χ1n) is 3.61. The molecule has 3 heteroatoms. The molecule has 1 aromatic carbocycles. The number of aryl methyl sites for hydroxylation is 1. The average molecular weight is 188 g/mol. The Balaban J connectivity index is 0.00000121. The molecule has 0 saturated carbocycles. The van der Waals surface area contributed by atoms with E-state index in [9.17, 15) is 0 Å². The summed E-state index contributed by atoms with van der Waals surface area (Å²) in [7, 11) is 1.66. The average Bonchev–Trinajstić information content (AvgIpc) is 2.04. The largest absolute Gasteiger partial charge is 0.496 e. The molecule has 0 bridgehead atoms. The molecule has 0 saturated heterocycles. The quantitative estimate of drug-likeness (QED) is 0.768. The minimum atomic E-state index is 0. The van der Waals surface area contributed by atoms with Crippen LogP contribution in [0.2, 0.25) is 0 Å². The van der Waals surface area contributed by atoms with Crippen LogP contribution in [0.25, 0.3) is 0 Å². The van der Waals surface area contributed by atoms with Crippen molar-refractivity contribution in [3.8, 4) is 5.75 Å². The Kier molecular flexibility index (Phi) is 4.71. The number of rotatable bonds is 2. The van der Waals surface area contributed by atoms with E-state index in [1.165, 1.54) is 5.56 Å². The predicted molar refractivity (Wildman–Crippen MR) is 52.9 cm³/mol. The van der Waals surface area contributed by atoms with E-state index in [1.807, 2.05) is 25.1 Å². The van der Waals surface area contributed by atoms with Gasteiger partial charge in [-0.3, -0.25) is 0 Å². The molecule has 0 aliphatic heterocycles. The second kappa shape index (κ2) is 5.01. The van der Waals surface area contributed by atoms with Crippen LogP contribution in [0.15, 0.2) is 18.2 Å². The lowest BCUT2D eigenvalue weighted by atomic mass is 10.1. The van der Waals surface area contributed by atoms with Crippen molar-refractivity contribution in [3.05, 3.63) is 29.3 Å². The molecule has 0 radical (unpaired) electrons. The lowest BCUT2D eigenvalue weighted by molar-refractivity contribution is 0.409. The number of methoxy groups -OCH3 is 1. The summed E-state index contributed by atoms with van der Waals surface area (Å²) < 4.78 is 5.11. The minimum Gasteiger partial charge on any atom is -0.496 e. The van der Waals surface area contributed by atoms with Crippen molar-refractivity contribution in [1.82, 2.24) is 0 Å². The van der Waals surface area contributed by atoms with Crippen molar-refractivity contribution in [2.75, 3.05) is 7.11 Å². The highest BCUT2D eigenvalue weighted by Crippen LogP contribution is 2.18. The van der Waals surface area contributed by atoms with Crippen LogP contribution in [-0.2, 0) is 6.54 Å². The number of hydrogen-bond acceptors (Lipinski definition) is 2. The van der Waals surface area contributed by atoms with Crippen LogP contribution in [0.5, 0.6) is 5.75 Å².